The van der Waals surface area contributed by atoms with E-state index in [9.17, 15) is 4.79 Å². The standard InChI is InChI=1S/C10H18N2O2.2ClH/c13-10(14)9-5-7(2-4-12-9)8-1-3-11-6-8;;/h7-9,11-12H,1-6H2,(H,13,14);2*1H. The van der Waals surface area contributed by atoms with Crippen molar-refractivity contribution in [3.05, 3.63) is 0 Å². The second-order valence-electron chi connectivity index (χ2n) is 4.38. The zero-order chi connectivity index (χ0) is 9.97. The summed E-state index contributed by atoms with van der Waals surface area (Å²) < 4.78 is 0. The molecule has 4 nitrogen and oxygen atoms in total. The van der Waals surface area contributed by atoms with Crippen LogP contribution < -0.4 is 10.6 Å². The van der Waals surface area contributed by atoms with Gasteiger partial charge in [-0.15, -0.1) is 24.8 Å². The van der Waals surface area contributed by atoms with Gasteiger partial charge in [-0.2, -0.15) is 0 Å². The first-order valence-electron chi connectivity index (χ1n) is 5.44. The van der Waals surface area contributed by atoms with E-state index >= 15 is 0 Å². The average molecular weight is 271 g/mol. The molecule has 16 heavy (non-hydrogen) atoms. The van der Waals surface area contributed by atoms with Crippen molar-refractivity contribution in [2.75, 3.05) is 19.6 Å². The zero-order valence-electron chi connectivity index (χ0n) is 9.15. The summed E-state index contributed by atoms with van der Waals surface area (Å²) in [5.74, 6) is 0.618. The van der Waals surface area contributed by atoms with Gasteiger partial charge >= 0.3 is 5.97 Å². The molecule has 2 heterocycles. The minimum atomic E-state index is -0.694. The van der Waals surface area contributed by atoms with E-state index in [1.165, 1.54) is 6.42 Å². The van der Waals surface area contributed by atoms with Gasteiger partial charge in [0.05, 0.1) is 0 Å². The number of rotatable bonds is 2. The van der Waals surface area contributed by atoms with Crippen molar-refractivity contribution in [1.82, 2.24) is 10.6 Å². The van der Waals surface area contributed by atoms with E-state index in [0.717, 1.165) is 32.5 Å². The molecule has 0 spiro atoms. The Bertz CT molecular complexity index is 223. The lowest BCUT2D eigenvalue weighted by atomic mass is 9.81. The number of halogens is 2. The van der Waals surface area contributed by atoms with Gasteiger partial charge in [0.15, 0.2) is 0 Å². The molecule has 6 heteroatoms. The number of nitrogens with one attached hydrogen (secondary N) is 2. The lowest BCUT2D eigenvalue weighted by molar-refractivity contribution is -0.140. The molecule has 2 aliphatic rings. The molecule has 0 bridgehead atoms. The van der Waals surface area contributed by atoms with E-state index in [-0.39, 0.29) is 30.9 Å². The van der Waals surface area contributed by atoms with Crippen molar-refractivity contribution in [1.29, 1.82) is 0 Å². The lowest BCUT2D eigenvalue weighted by Gasteiger charge is -2.31. The second kappa shape index (κ2) is 7.33. The topological polar surface area (TPSA) is 61.4 Å². The van der Waals surface area contributed by atoms with Gasteiger partial charge in [-0.3, -0.25) is 4.79 Å². The molecular formula is C10H20Cl2N2O2. The van der Waals surface area contributed by atoms with Crippen LogP contribution in [0.2, 0.25) is 0 Å². The number of carbonyl (C=O) groups is 1. The van der Waals surface area contributed by atoms with Crippen molar-refractivity contribution < 1.29 is 9.90 Å². The summed E-state index contributed by atoms with van der Waals surface area (Å²) in [6, 6.07) is -0.311. The van der Waals surface area contributed by atoms with Crippen LogP contribution in [0.15, 0.2) is 0 Å². The van der Waals surface area contributed by atoms with Crippen LogP contribution in [-0.4, -0.2) is 36.8 Å². The molecule has 0 saturated carbocycles. The molecule has 3 atom stereocenters. The van der Waals surface area contributed by atoms with Gasteiger partial charge in [-0.25, -0.2) is 0 Å². The monoisotopic (exact) mass is 270 g/mol. The van der Waals surface area contributed by atoms with E-state index < -0.39 is 5.97 Å². The van der Waals surface area contributed by atoms with Crippen LogP contribution in [0.25, 0.3) is 0 Å². The van der Waals surface area contributed by atoms with Crippen molar-refractivity contribution in [3.8, 4) is 0 Å². The van der Waals surface area contributed by atoms with Gasteiger partial charge in [0, 0.05) is 0 Å². The molecule has 0 aromatic heterocycles. The number of hydrogen-bond donors (Lipinski definition) is 3. The van der Waals surface area contributed by atoms with Crippen molar-refractivity contribution in [2.24, 2.45) is 11.8 Å². The lowest BCUT2D eigenvalue weighted by Crippen LogP contribution is -2.45. The van der Waals surface area contributed by atoms with Crippen LogP contribution in [0.5, 0.6) is 0 Å². The van der Waals surface area contributed by atoms with Crippen molar-refractivity contribution in [2.45, 2.75) is 25.3 Å². The third-order valence-corrected chi connectivity index (χ3v) is 3.51. The molecule has 96 valence electrons. The smallest absolute Gasteiger partial charge is 0.320 e. The number of carboxylic acids is 1. The van der Waals surface area contributed by atoms with Gasteiger partial charge in [0.25, 0.3) is 0 Å². The van der Waals surface area contributed by atoms with Gasteiger partial charge in [0.1, 0.15) is 6.04 Å². The third kappa shape index (κ3) is 3.77. The Hall–Kier alpha value is -0.0300. The first-order chi connectivity index (χ1) is 6.77. The van der Waals surface area contributed by atoms with E-state index in [4.69, 9.17) is 5.11 Å². The Morgan fingerprint density at radius 2 is 1.81 bits per heavy atom. The maximum absolute atomic E-state index is 10.8. The second-order valence-corrected chi connectivity index (χ2v) is 4.38. The van der Waals surface area contributed by atoms with Crippen LogP contribution in [0.3, 0.4) is 0 Å². The summed E-state index contributed by atoms with van der Waals surface area (Å²) in [6.45, 7) is 3.04. The summed E-state index contributed by atoms with van der Waals surface area (Å²) in [5.41, 5.74) is 0. The molecule has 2 fully saturated rings. The summed E-state index contributed by atoms with van der Waals surface area (Å²) in [7, 11) is 0. The first-order valence-corrected chi connectivity index (χ1v) is 5.44. The van der Waals surface area contributed by atoms with Crippen LogP contribution in [0.4, 0.5) is 0 Å². The Balaban J connectivity index is 0.00000112. The van der Waals surface area contributed by atoms with E-state index in [1.54, 1.807) is 0 Å². The van der Waals surface area contributed by atoms with Crippen LogP contribution >= 0.6 is 24.8 Å². The van der Waals surface area contributed by atoms with Crippen molar-refractivity contribution in [3.63, 3.8) is 0 Å². The van der Waals surface area contributed by atoms with Crippen molar-refractivity contribution >= 4 is 30.8 Å². The Morgan fingerprint density at radius 3 is 2.38 bits per heavy atom. The normalized spacial score (nSPS) is 33.6. The summed E-state index contributed by atoms with van der Waals surface area (Å²) in [5, 5.41) is 15.3. The zero-order valence-corrected chi connectivity index (χ0v) is 10.8. The van der Waals surface area contributed by atoms with Crippen LogP contribution in [-0.2, 0) is 4.79 Å². The largest absolute Gasteiger partial charge is 0.480 e. The van der Waals surface area contributed by atoms with E-state index in [2.05, 4.69) is 10.6 Å². The van der Waals surface area contributed by atoms with Crippen LogP contribution in [0.1, 0.15) is 19.3 Å². The summed E-state index contributed by atoms with van der Waals surface area (Å²) in [4.78, 5) is 10.8. The summed E-state index contributed by atoms with van der Waals surface area (Å²) in [6.07, 6.45) is 3.16. The molecule has 2 aliphatic heterocycles. The maximum Gasteiger partial charge on any atom is 0.320 e. The molecule has 0 aliphatic carbocycles. The molecule has 2 saturated heterocycles. The predicted molar refractivity (Wildman–Crippen MR) is 67.6 cm³/mol. The van der Waals surface area contributed by atoms with Gasteiger partial charge in [0.2, 0.25) is 0 Å². The average Bonchev–Trinajstić information content (AvgIpc) is 2.71. The maximum atomic E-state index is 10.8. The number of hydrogen-bond acceptors (Lipinski definition) is 3. The molecular weight excluding hydrogens is 251 g/mol. The highest BCUT2D eigenvalue weighted by atomic mass is 35.5. The molecule has 2 rings (SSSR count). The fourth-order valence-corrected chi connectivity index (χ4v) is 2.64. The number of piperidine rings is 1. The van der Waals surface area contributed by atoms with E-state index in [0.29, 0.717) is 11.8 Å². The van der Waals surface area contributed by atoms with E-state index in [1.807, 2.05) is 0 Å². The predicted octanol–water partition coefficient (Wildman–Crippen LogP) is 0.892. The molecule has 0 aromatic carbocycles. The number of carboxylic acid groups (broad SMARTS) is 1. The Kier molecular flexibility index (Phi) is 7.31. The highest BCUT2D eigenvalue weighted by Crippen LogP contribution is 2.28. The summed E-state index contributed by atoms with van der Waals surface area (Å²) >= 11 is 0. The Morgan fingerprint density at radius 1 is 1.12 bits per heavy atom. The van der Waals surface area contributed by atoms with Gasteiger partial charge in [-0.05, 0) is 50.7 Å². The third-order valence-electron chi connectivity index (χ3n) is 3.51. The quantitative estimate of drug-likeness (QED) is 0.698. The van der Waals surface area contributed by atoms with Gasteiger partial charge in [-0.1, -0.05) is 0 Å². The minimum absolute atomic E-state index is 0. The fraction of sp³-hybridized carbons (Fsp3) is 0.900. The molecule has 3 unspecified atom stereocenters. The fourth-order valence-electron chi connectivity index (χ4n) is 2.64. The van der Waals surface area contributed by atoms with Gasteiger partial charge < -0.3 is 15.7 Å². The molecule has 0 radical (unpaired) electrons. The highest BCUT2D eigenvalue weighted by Gasteiger charge is 2.32. The highest BCUT2D eigenvalue weighted by molar-refractivity contribution is 5.85. The van der Waals surface area contributed by atoms with Crippen LogP contribution in [0, 0.1) is 11.8 Å². The number of aliphatic carboxylic acids is 1. The molecule has 0 amide bonds. The minimum Gasteiger partial charge on any atom is -0.480 e. The molecule has 3 N–H and O–H groups in total. The molecule has 0 aromatic rings. The Labute approximate surface area is 108 Å². The first kappa shape index (κ1) is 16.0. The SMILES string of the molecule is Cl.Cl.O=C(O)C1CC(C2CCNC2)CCN1.